The van der Waals surface area contributed by atoms with Gasteiger partial charge in [0.2, 0.25) is 0 Å². The van der Waals surface area contributed by atoms with Crippen LogP contribution in [-0.2, 0) is 11.4 Å². The lowest BCUT2D eigenvalue weighted by Crippen LogP contribution is -2.17. The van der Waals surface area contributed by atoms with Gasteiger partial charge in [-0.1, -0.05) is 17.3 Å². The first-order valence-corrected chi connectivity index (χ1v) is 5.45. The first kappa shape index (κ1) is 12.7. The Kier molecular flexibility index (Phi) is 3.74. The summed E-state index contributed by atoms with van der Waals surface area (Å²) in [6.07, 6.45) is 0.230. The van der Waals surface area contributed by atoms with Crippen molar-refractivity contribution in [3.63, 3.8) is 0 Å². The van der Waals surface area contributed by atoms with Crippen LogP contribution in [0.5, 0.6) is 5.75 Å². The number of hydrogen-bond acceptors (Lipinski definition) is 3. The molecule has 1 aliphatic carbocycles. The molecule has 1 aromatic rings. The molecule has 3 nitrogen and oxygen atoms in total. The molecule has 0 N–H and O–H groups in total. The van der Waals surface area contributed by atoms with Crippen LogP contribution < -0.4 is 4.74 Å². The molecule has 0 aliphatic heterocycles. The lowest BCUT2D eigenvalue weighted by molar-refractivity contribution is -0.274. The monoisotopic (exact) mass is 258 g/mol. The number of nitrogens with zero attached hydrogens (tertiary/aromatic N) is 1. The van der Waals surface area contributed by atoms with Crippen LogP contribution in [0.3, 0.4) is 0 Å². The molecule has 0 heterocycles. The molecule has 1 radical (unpaired) electrons. The summed E-state index contributed by atoms with van der Waals surface area (Å²) >= 11 is 0. The number of alkyl halides is 3. The highest BCUT2D eigenvalue weighted by atomic mass is 19.4. The zero-order chi connectivity index (χ0) is 13.0. The van der Waals surface area contributed by atoms with Gasteiger partial charge in [0.1, 0.15) is 18.6 Å². The molecule has 2 rings (SSSR count). The van der Waals surface area contributed by atoms with Crippen LogP contribution in [0.25, 0.3) is 0 Å². The highest BCUT2D eigenvalue weighted by molar-refractivity contribution is 5.62. The molecule has 1 aliphatic rings. The van der Waals surface area contributed by atoms with E-state index in [9.17, 15) is 13.2 Å². The molecule has 0 unspecified atom stereocenters. The summed E-state index contributed by atoms with van der Waals surface area (Å²) in [5.74, 6) is 0.114. The second-order valence-corrected chi connectivity index (χ2v) is 3.96. The molecule has 18 heavy (non-hydrogen) atoms. The molecule has 0 amide bonds. The summed E-state index contributed by atoms with van der Waals surface area (Å²) in [6, 6.07) is 5.60. The number of rotatable bonds is 5. The number of benzene rings is 1. The molecule has 0 aromatic heterocycles. The Hall–Kier alpha value is -1.72. The van der Waals surface area contributed by atoms with Gasteiger partial charge in [0.05, 0.1) is 0 Å². The fourth-order valence-corrected chi connectivity index (χ4v) is 1.26. The minimum Gasteiger partial charge on any atom is -0.406 e. The molecule has 0 atom stereocenters. The molecule has 1 fully saturated rings. The van der Waals surface area contributed by atoms with Crippen molar-refractivity contribution in [2.24, 2.45) is 11.1 Å². The Balaban J connectivity index is 1.85. The maximum absolute atomic E-state index is 12.0. The first-order chi connectivity index (χ1) is 8.53. The van der Waals surface area contributed by atoms with Crippen molar-refractivity contribution in [1.29, 1.82) is 0 Å². The van der Waals surface area contributed by atoms with E-state index >= 15 is 0 Å². The van der Waals surface area contributed by atoms with Crippen molar-refractivity contribution < 1.29 is 22.7 Å². The number of ether oxygens (including phenoxy) is 1. The summed E-state index contributed by atoms with van der Waals surface area (Å²) in [5.41, 5.74) is 0.554. The molecule has 1 aromatic carbocycles. The molecular weight excluding hydrogens is 247 g/mol. The van der Waals surface area contributed by atoms with E-state index in [0.29, 0.717) is 11.5 Å². The van der Waals surface area contributed by atoms with E-state index in [0.717, 1.165) is 12.8 Å². The first-order valence-electron chi connectivity index (χ1n) is 5.45. The van der Waals surface area contributed by atoms with E-state index in [1.807, 2.05) is 0 Å². The van der Waals surface area contributed by atoms with Crippen LogP contribution >= 0.6 is 0 Å². The SMILES string of the molecule is FC(F)(F)Oc1cccc(CO/N=[C]\C2CC2)c1. The van der Waals surface area contributed by atoms with E-state index in [1.54, 1.807) is 6.07 Å². The van der Waals surface area contributed by atoms with Crippen molar-refractivity contribution in [2.75, 3.05) is 0 Å². The van der Waals surface area contributed by atoms with Crippen LogP contribution in [0.1, 0.15) is 18.4 Å². The minimum absolute atomic E-state index is 0.0920. The van der Waals surface area contributed by atoms with Gasteiger partial charge in [0.25, 0.3) is 0 Å². The average Bonchev–Trinajstić information content (AvgIpc) is 3.06. The van der Waals surface area contributed by atoms with E-state index in [4.69, 9.17) is 4.84 Å². The second kappa shape index (κ2) is 5.29. The Labute approximate surface area is 102 Å². The van der Waals surface area contributed by atoms with Gasteiger partial charge in [-0.15, -0.1) is 13.2 Å². The third-order valence-corrected chi connectivity index (χ3v) is 2.24. The fourth-order valence-electron chi connectivity index (χ4n) is 1.26. The average molecular weight is 258 g/mol. The molecule has 0 spiro atoms. The highest BCUT2D eigenvalue weighted by Crippen LogP contribution is 2.26. The predicted molar refractivity (Wildman–Crippen MR) is 58.1 cm³/mol. The van der Waals surface area contributed by atoms with Crippen LogP contribution in [0, 0.1) is 5.92 Å². The van der Waals surface area contributed by atoms with Crippen LogP contribution in [-0.4, -0.2) is 12.6 Å². The van der Waals surface area contributed by atoms with Gasteiger partial charge < -0.3 is 9.57 Å². The van der Waals surface area contributed by atoms with Crippen LogP contribution in [0.2, 0.25) is 0 Å². The predicted octanol–water partition coefficient (Wildman–Crippen LogP) is 3.37. The van der Waals surface area contributed by atoms with E-state index in [2.05, 4.69) is 16.1 Å². The molecule has 6 heteroatoms. The zero-order valence-corrected chi connectivity index (χ0v) is 9.41. The third kappa shape index (κ3) is 4.65. The van der Waals surface area contributed by atoms with Crippen LogP contribution in [0.15, 0.2) is 29.4 Å². The standard InChI is InChI=1S/C12H11F3NO2/c13-12(14,15)18-11-3-1-2-10(6-11)8-17-16-7-9-4-5-9/h1-3,6,9H,4-5,8H2. The van der Waals surface area contributed by atoms with Gasteiger partial charge in [-0.3, -0.25) is 0 Å². The number of hydrogen-bond donors (Lipinski definition) is 0. The van der Waals surface area contributed by atoms with Crippen LogP contribution in [0.4, 0.5) is 13.2 Å². The normalized spacial score (nSPS) is 15.9. The Bertz CT molecular complexity index is 428. The maximum atomic E-state index is 12.0. The van der Waals surface area contributed by atoms with E-state index in [-0.39, 0.29) is 12.4 Å². The highest BCUT2D eigenvalue weighted by Gasteiger charge is 2.31. The summed E-state index contributed by atoms with van der Waals surface area (Å²) in [4.78, 5) is 4.93. The summed E-state index contributed by atoms with van der Waals surface area (Å²) in [5, 5.41) is 3.62. The van der Waals surface area contributed by atoms with Gasteiger partial charge >= 0.3 is 6.36 Å². The van der Waals surface area contributed by atoms with E-state index < -0.39 is 6.36 Å². The molecule has 97 valence electrons. The Morgan fingerprint density at radius 2 is 2.11 bits per heavy atom. The molecule has 0 saturated heterocycles. The summed E-state index contributed by atoms with van der Waals surface area (Å²) < 4.78 is 39.8. The van der Waals surface area contributed by atoms with Gasteiger partial charge in [-0.05, 0) is 30.5 Å². The van der Waals surface area contributed by atoms with E-state index in [1.165, 1.54) is 18.2 Å². The lowest BCUT2D eigenvalue weighted by atomic mass is 10.2. The van der Waals surface area contributed by atoms with Crippen molar-refractivity contribution in [3.05, 3.63) is 29.8 Å². The largest absolute Gasteiger partial charge is 0.573 e. The number of halogens is 3. The van der Waals surface area contributed by atoms with Gasteiger partial charge in [0, 0.05) is 5.92 Å². The summed E-state index contributed by atoms with van der Waals surface area (Å²) in [7, 11) is 0. The Morgan fingerprint density at radius 1 is 1.33 bits per heavy atom. The Morgan fingerprint density at radius 3 is 2.78 bits per heavy atom. The van der Waals surface area contributed by atoms with Gasteiger partial charge in [-0.2, -0.15) is 0 Å². The fraction of sp³-hybridized carbons (Fsp3) is 0.417. The second-order valence-electron chi connectivity index (χ2n) is 3.96. The molecular formula is C12H11F3NO2. The smallest absolute Gasteiger partial charge is 0.406 e. The van der Waals surface area contributed by atoms with Gasteiger partial charge in [0.15, 0.2) is 0 Å². The van der Waals surface area contributed by atoms with Crippen molar-refractivity contribution in [2.45, 2.75) is 25.8 Å². The zero-order valence-electron chi connectivity index (χ0n) is 9.41. The van der Waals surface area contributed by atoms with Crippen molar-refractivity contribution in [3.8, 4) is 5.75 Å². The topological polar surface area (TPSA) is 30.8 Å². The minimum atomic E-state index is -4.68. The lowest BCUT2D eigenvalue weighted by Gasteiger charge is -2.09. The van der Waals surface area contributed by atoms with Gasteiger partial charge in [-0.25, -0.2) is 0 Å². The van der Waals surface area contributed by atoms with Crippen molar-refractivity contribution in [1.82, 2.24) is 0 Å². The molecule has 1 saturated carbocycles. The third-order valence-electron chi connectivity index (χ3n) is 2.24. The van der Waals surface area contributed by atoms with Crippen molar-refractivity contribution >= 4 is 6.21 Å². The molecule has 0 bridgehead atoms. The summed E-state index contributed by atoms with van der Waals surface area (Å²) in [6.45, 7) is 0.0920. The quantitative estimate of drug-likeness (QED) is 0.598. The maximum Gasteiger partial charge on any atom is 0.573 e.